The Morgan fingerprint density at radius 2 is 2.16 bits per heavy atom. The van der Waals surface area contributed by atoms with E-state index < -0.39 is 5.97 Å². The third-order valence-electron chi connectivity index (χ3n) is 2.61. The van der Waals surface area contributed by atoms with Gasteiger partial charge in [0.1, 0.15) is 23.7 Å². The molecule has 5 nitrogen and oxygen atoms in total. The Morgan fingerprint density at radius 1 is 1.32 bits per heavy atom. The lowest BCUT2D eigenvalue weighted by atomic mass is 10.2. The minimum Gasteiger partial charge on any atom is -0.497 e. The van der Waals surface area contributed by atoms with E-state index in [0.29, 0.717) is 12.4 Å². The molecule has 0 atom stereocenters. The van der Waals surface area contributed by atoms with Gasteiger partial charge < -0.3 is 19.0 Å². The highest BCUT2D eigenvalue weighted by atomic mass is 16.5. The highest BCUT2D eigenvalue weighted by Crippen LogP contribution is 2.16. The zero-order valence-corrected chi connectivity index (χ0v) is 10.5. The van der Waals surface area contributed by atoms with Crippen LogP contribution in [-0.4, -0.2) is 18.2 Å². The first-order chi connectivity index (χ1) is 9.20. The van der Waals surface area contributed by atoms with Gasteiger partial charge in [0.25, 0.3) is 0 Å². The Morgan fingerprint density at radius 3 is 2.89 bits per heavy atom. The van der Waals surface area contributed by atoms with Crippen molar-refractivity contribution in [3.63, 3.8) is 0 Å². The predicted octanol–water partition coefficient (Wildman–Crippen LogP) is 2.70. The first-order valence-electron chi connectivity index (χ1n) is 5.71. The van der Waals surface area contributed by atoms with E-state index in [1.165, 1.54) is 12.3 Å². The fourth-order valence-corrected chi connectivity index (χ4v) is 1.67. The van der Waals surface area contributed by atoms with Crippen LogP contribution in [0.1, 0.15) is 21.7 Å². The van der Waals surface area contributed by atoms with Crippen LogP contribution in [0.2, 0.25) is 0 Å². The van der Waals surface area contributed by atoms with Crippen molar-refractivity contribution < 1.29 is 23.8 Å². The summed E-state index contributed by atoms with van der Waals surface area (Å²) in [6.45, 7) is 0.475. The number of hydrogen-bond acceptors (Lipinski definition) is 4. The summed E-state index contributed by atoms with van der Waals surface area (Å²) in [5.74, 6) is 0.0504. The van der Waals surface area contributed by atoms with Crippen molar-refractivity contribution >= 4 is 5.97 Å². The zero-order chi connectivity index (χ0) is 13.7. The molecular weight excluding hydrogens is 248 g/mol. The van der Waals surface area contributed by atoms with Crippen molar-refractivity contribution in [2.45, 2.75) is 13.2 Å². The molecule has 100 valence electrons. The minimum absolute atomic E-state index is 0.117. The molecule has 19 heavy (non-hydrogen) atoms. The molecule has 1 aromatic carbocycles. The second kappa shape index (κ2) is 6.06. The Labute approximate surface area is 110 Å². The molecule has 0 aliphatic heterocycles. The Hall–Kier alpha value is -2.27. The van der Waals surface area contributed by atoms with Crippen LogP contribution in [0.25, 0.3) is 0 Å². The maximum Gasteiger partial charge on any atom is 0.339 e. The molecule has 1 heterocycles. The molecule has 0 spiro atoms. The van der Waals surface area contributed by atoms with E-state index in [4.69, 9.17) is 19.0 Å². The van der Waals surface area contributed by atoms with Crippen molar-refractivity contribution in [1.29, 1.82) is 0 Å². The van der Waals surface area contributed by atoms with E-state index in [-0.39, 0.29) is 12.2 Å². The van der Waals surface area contributed by atoms with Crippen LogP contribution in [0.5, 0.6) is 5.75 Å². The van der Waals surface area contributed by atoms with Gasteiger partial charge in [-0.1, -0.05) is 12.1 Å². The number of rotatable bonds is 6. The molecule has 0 saturated heterocycles. The van der Waals surface area contributed by atoms with E-state index in [1.54, 1.807) is 7.11 Å². The van der Waals surface area contributed by atoms with Gasteiger partial charge in [0.2, 0.25) is 0 Å². The van der Waals surface area contributed by atoms with Crippen LogP contribution in [0, 0.1) is 0 Å². The predicted molar refractivity (Wildman–Crippen MR) is 67.2 cm³/mol. The molecule has 0 aliphatic carbocycles. The first kappa shape index (κ1) is 13.2. The summed E-state index contributed by atoms with van der Waals surface area (Å²) in [6.07, 6.45) is 1.34. The number of ether oxygens (including phenoxy) is 2. The summed E-state index contributed by atoms with van der Waals surface area (Å²) >= 11 is 0. The van der Waals surface area contributed by atoms with Gasteiger partial charge in [-0.25, -0.2) is 4.79 Å². The van der Waals surface area contributed by atoms with E-state index >= 15 is 0 Å². The Balaban J connectivity index is 1.92. The zero-order valence-electron chi connectivity index (χ0n) is 10.5. The van der Waals surface area contributed by atoms with Crippen LogP contribution in [-0.2, 0) is 18.0 Å². The summed E-state index contributed by atoms with van der Waals surface area (Å²) in [5.41, 5.74) is 1.08. The maximum absolute atomic E-state index is 10.9. The molecule has 0 radical (unpaired) electrons. The fraction of sp³-hybridized carbons (Fsp3) is 0.214. The first-order valence-corrected chi connectivity index (χ1v) is 5.71. The molecule has 0 amide bonds. The average molecular weight is 262 g/mol. The lowest BCUT2D eigenvalue weighted by molar-refractivity contribution is 0.0671. The summed E-state index contributed by atoms with van der Waals surface area (Å²) in [4.78, 5) is 10.9. The Kier molecular flexibility index (Phi) is 4.20. The van der Waals surface area contributed by atoms with Crippen molar-refractivity contribution in [1.82, 2.24) is 0 Å². The third kappa shape index (κ3) is 3.35. The van der Waals surface area contributed by atoms with Gasteiger partial charge in [-0.2, -0.15) is 0 Å². The van der Waals surface area contributed by atoms with Gasteiger partial charge in [-0.3, -0.25) is 0 Å². The lowest BCUT2D eigenvalue weighted by Gasteiger charge is -2.05. The largest absolute Gasteiger partial charge is 0.497 e. The second-order valence-corrected chi connectivity index (χ2v) is 3.91. The molecule has 2 rings (SSSR count). The fourth-order valence-electron chi connectivity index (χ4n) is 1.67. The molecule has 2 aromatic rings. The number of furan rings is 1. The number of carboxylic acids is 1. The van der Waals surface area contributed by atoms with Gasteiger partial charge in [-0.15, -0.1) is 0 Å². The number of carbonyl (C=O) groups is 1. The molecule has 1 N–H and O–H groups in total. The van der Waals surface area contributed by atoms with Crippen LogP contribution < -0.4 is 4.74 Å². The molecule has 0 fully saturated rings. The van der Waals surface area contributed by atoms with Crippen molar-refractivity contribution in [2.24, 2.45) is 0 Å². The topological polar surface area (TPSA) is 68.9 Å². The number of aromatic carboxylic acids is 1. The van der Waals surface area contributed by atoms with E-state index in [0.717, 1.165) is 11.3 Å². The molecule has 1 aromatic heterocycles. The highest BCUT2D eigenvalue weighted by Gasteiger charge is 2.13. The van der Waals surface area contributed by atoms with E-state index in [9.17, 15) is 4.79 Å². The summed E-state index contributed by atoms with van der Waals surface area (Å²) < 4.78 is 15.6. The Bertz CT molecular complexity index is 558. The van der Waals surface area contributed by atoms with E-state index in [1.807, 2.05) is 24.3 Å². The maximum atomic E-state index is 10.9. The van der Waals surface area contributed by atoms with Gasteiger partial charge >= 0.3 is 5.97 Å². The molecule has 0 aliphatic rings. The number of hydrogen-bond donors (Lipinski definition) is 1. The van der Waals surface area contributed by atoms with Gasteiger partial charge in [0.15, 0.2) is 0 Å². The lowest BCUT2D eigenvalue weighted by Crippen LogP contribution is -2.01. The van der Waals surface area contributed by atoms with Crippen molar-refractivity contribution in [3.8, 4) is 5.75 Å². The molecule has 0 saturated carbocycles. The van der Waals surface area contributed by atoms with Gasteiger partial charge in [0.05, 0.1) is 20.0 Å². The normalized spacial score (nSPS) is 10.4. The summed E-state index contributed by atoms with van der Waals surface area (Å²) in [5, 5.41) is 8.91. The number of benzene rings is 1. The van der Waals surface area contributed by atoms with Crippen LogP contribution >= 0.6 is 0 Å². The van der Waals surface area contributed by atoms with Crippen molar-refractivity contribution in [3.05, 3.63) is 53.5 Å². The minimum atomic E-state index is -1.02. The third-order valence-corrected chi connectivity index (χ3v) is 2.61. The molecule has 5 heteroatoms. The molecular formula is C14H14O5. The van der Waals surface area contributed by atoms with Crippen LogP contribution in [0.3, 0.4) is 0 Å². The summed E-state index contributed by atoms with van der Waals surface area (Å²) in [7, 11) is 1.60. The summed E-state index contributed by atoms with van der Waals surface area (Å²) in [6, 6.07) is 8.89. The number of carboxylic acid groups (broad SMARTS) is 1. The van der Waals surface area contributed by atoms with E-state index in [2.05, 4.69) is 0 Å². The van der Waals surface area contributed by atoms with Crippen molar-refractivity contribution in [2.75, 3.05) is 7.11 Å². The van der Waals surface area contributed by atoms with Crippen LogP contribution in [0.4, 0.5) is 0 Å². The van der Waals surface area contributed by atoms with Crippen LogP contribution in [0.15, 0.2) is 41.0 Å². The monoisotopic (exact) mass is 262 g/mol. The molecule has 0 unspecified atom stereocenters. The smallest absolute Gasteiger partial charge is 0.339 e. The second-order valence-electron chi connectivity index (χ2n) is 3.91. The number of methoxy groups -OCH3 is 1. The van der Waals surface area contributed by atoms with Gasteiger partial charge in [0, 0.05) is 0 Å². The SMILES string of the molecule is COc1cccc(COCc2occc2C(=O)O)c1. The average Bonchev–Trinajstić information content (AvgIpc) is 2.87. The molecule has 0 bridgehead atoms. The highest BCUT2D eigenvalue weighted by molar-refractivity contribution is 5.88. The van der Waals surface area contributed by atoms with Gasteiger partial charge in [-0.05, 0) is 23.8 Å². The quantitative estimate of drug-likeness (QED) is 0.866. The standard InChI is InChI=1S/C14H14O5/c1-17-11-4-2-3-10(7-11)8-18-9-13-12(14(15)16)5-6-19-13/h2-7H,8-9H2,1H3,(H,15,16).